The average molecular weight is 354 g/mol. The maximum Gasteiger partial charge on any atom is 0.346 e. The van der Waals surface area contributed by atoms with Crippen molar-refractivity contribution in [2.75, 3.05) is 11.4 Å². The van der Waals surface area contributed by atoms with E-state index in [1.54, 1.807) is 18.2 Å². The smallest absolute Gasteiger partial charge is 0.346 e. The lowest BCUT2D eigenvalue weighted by molar-refractivity contribution is -0.144. The molecule has 0 bridgehead atoms. The van der Waals surface area contributed by atoms with E-state index in [1.165, 1.54) is 6.07 Å². The van der Waals surface area contributed by atoms with Gasteiger partial charge in [0.05, 0.1) is 22.8 Å². The highest BCUT2D eigenvalue weighted by molar-refractivity contribution is 6.34. The van der Waals surface area contributed by atoms with Crippen LogP contribution in [-0.2, 0) is 4.79 Å². The van der Waals surface area contributed by atoms with Gasteiger partial charge in [0.1, 0.15) is 5.75 Å². The number of benzene rings is 2. The molecule has 2 aromatic carbocycles. The Hall–Kier alpha value is -2.67. The molecule has 2 aromatic rings. The van der Waals surface area contributed by atoms with Gasteiger partial charge in [-0.25, -0.2) is 13.6 Å². The zero-order valence-electron chi connectivity index (χ0n) is 12.0. The number of carbonyl (C=O) groups excluding carboxylic acids is 1. The molecule has 3 rings (SSSR count). The van der Waals surface area contributed by atoms with Crippen molar-refractivity contribution in [3.05, 3.63) is 58.6 Å². The van der Waals surface area contributed by atoms with Crippen LogP contribution >= 0.6 is 11.6 Å². The summed E-state index contributed by atoms with van der Waals surface area (Å²) in [4.78, 5) is 25.1. The Morgan fingerprint density at radius 3 is 2.58 bits per heavy atom. The van der Waals surface area contributed by atoms with E-state index in [0.29, 0.717) is 17.8 Å². The molecule has 0 unspecified atom stereocenters. The molecule has 0 aromatic heterocycles. The number of aliphatic carboxylic acids is 1. The third-order valence-electron chi connectivity index (χ3n) is 3.53. The van der Waals surface area contributed by atoms with Gasteiger partial charge in [0.2, 0.25) is 6.10 Å². The van der Waals surface area contributed by atoms with Crippen molar-refractivity contribution in [2.24, 2.45) is 0 Å². The summed E-state index contributed by atoms with van der Waals surface area (Å²) in [6, 6.07) is 7.71. The fourth-order valence-electron chi connectivity index (χ4n) is 2.39. The van der Waals surface area contributed by atoms with Gasteiger partial charge in [-0.1, -0.05) is 23.7 Å². The molecule has 124 valence electrons. The Morgan fingerprint density at radius 1 is 1.21 bits per heavy atom. The summed E-state index contributed by atoms with van der Waals surface area (Å²) >= 11 is 5.84. The summed E-state index contributed by atoms with van der Waals surface area (Å²) in [5, 5.41) is 8.90. The van der Waals surface area contributed by atoms with Crippen molar-refractivity contribution >= 4 is 29.2 Å². The minimum Gasteiger partial charge on any atom is -0.478 e. The number of halogens is 3. The summed E-state index contributed by atoms with van der Waals surface area (Å²) in [5.74, 6) is -4.20. The summed E-state index contributed by atoms with van der Waals surface area (Å²) in [7, 11) is 0. The van der Waals surface area contributed by atoms with Gasteiger partial charge < -0.3 is 14.7 Å². The van der Waals surface area contributed by atoms with Gasteiger partial charge in [-0.3, -0.25) is 4.79 Å². The monoisotopic (exact) mass is 353 g/mol. The number of fused-ring (bicyclic) bond motifs is 1. The van der Waals surface area contributed by atoms with E-state index in [4.69, 9.17) is 16.3 Å². The van der Waals surface area contributed by atoms with Gasteiger partial charge in [0.15, 0.2) is 11.6 Å². The van der Waals surface area contributed by atoms with Crippen LogP contribution in [0.15, 0.2) is 36.4 Å². The number of amides is 1. The number of ether oxygens (including phenoxy) is 1. The molecule has 0 spiro atoms. The first kappa shape index (κ1) is 16.2. The highest BCUT2D eigenvalue weighted by atomic mass is 35.5. The third kappa shape index (κ3) is 2.78. The predicted octanol–water partition coefficient (Wildman–Crippen LogP) is 3.11. The molecule has 0 radical (unpaired) electrons. The van der Waals surface area contributed by atoms with E-state index in [0.717, 1.165) is 4.90 Å². The number of rotatable bonds is 2. The average Bonchev–Trinajstić information content (AvgIpc) is 2.56. The highest BCUT2D eigenvalue weighted by Crippen LogP contribution is 2.35. The first-order chi connectivity index (χ1) is 11.4. The molecule has 1 atom stereocenters. The molecule has 24 heavy (non-hydrogen) atoms. The van der Waals surface area contributed by atoms with E-state index in [-0.39, 0.29) is 22.9 Å². The van der Waals surface area contributed by atoms with Crippen LogP contribution < -0.4 is 9.64 Å². The minimum absolute atomic E-state index is 0.197. The van der Waals surface area contributed by atoms with Crippen LogP contribution in [0.4, 0.5) is 14.5 Å². The van der Waals surface area contributed by atoms with Crippen molar-refractivity contribution in [1.82, 2.24) is 0 Å². The topological polar surface area (TPSA) is 66.8 Å². The molecule has 0 saturated heterocycles. The van der Waals surface area contributed by atoms with Gasteiger partial charge in [0.25, 0.3) is 5.91 Å². The Kier molecular flexibility index (Phi) is 4.11. The zero-order valence-corrected chi connectivity index (χ0v) is 12.8. The standard InChI is InChI=1S/C16H10ClF2NO4/c17-9-6-11(19)10(18)5-8(9)15(21)20-7-14(16(22)23)24-13-4-2-1-3-12(13)20/h1-6,14H,7H2,(H,22,23)/t14-/m0/s1. The molecule has 0 saturated carbocycles. The van der Waals surface area contributed by atoms with Crippen LogP contribution in [0.25, 0.3) is 0 Å². The Bertz CT molecular complexity index is 843. The van der Waals surface area contributed by atoms with Crippen molar-refractivity contribution in [3.63, 3.8) is 0 Å². The summed E-state index contributed by atoms with van der Waals surface area (Å²) < 4.78 is 32.0. The number of carboxylic acid groups (broad SMARTS) is 1. The van der Waals surface area contributed by atoms with Gasteiger partial charge in [-0.2, -0.15) is 0 Å². The Morgan fingerprint density at radius 2 is 1.88 bits per heavy atom. The molecule has 1 N–H and O–H groups in total. The van der Waals surface area contributed by atoms with E-state index in [1.807, 2.05) is 0 Å². The van der Waals surface area contributed by atoms with Crippen LogP contribution in [0, 0.1) is 11.6 Å². The van der Waals surface area contributed by atoms with Gasteiger partial charge in [-0.15, -0.1) is 0 Å². The summed E-state index contributed by atoms with van der Waals surface area (Å²) in [6.07, 6.45) is -1.28. The number of nitrogens with zero attached hydrogens (tertiary/aromatic N) is 1. The molecular formula is C16H10ClF2NO4. The Labute approximate surface area is 140 Å². The lowest BCUT2D eigenvalue weighted by atomic mass is 10.1. The molecule has 5 nitrogen and oxygen atoms in total. The lowest BCUT2D eigenvalue weighted by Gasteiger charge is -2.33. The van der Waals surface area contributed by atoms with Gasteiger partial charge in [-0.05, 0) is 24.3 Å². The lowest BCUT2D eigenvalue weighted by Crippen LogP contribution is -2.47. The zero-order chi connectivity index (χ0) is 17.4. The van der Waals surface area contributed by atoms with Crippen molar-refractivity contribution < 1.29 is 28.2 Å². The van der Waals surface area contributed by atoms with Crippen LogP contribution in [-0.4, -0.2) is 29.6 Å². The first-order valence-electron chi connectivity index (χ1n) is 6.83. The van der Waals surface area contributed by atoms with Gasteiger partial charge >= 0.3 is 5.97 Å². The number of para-hydroxylation sites is 2. The van der Waals surface area contributed by atoms with Crippen molar-refractivity contribution in [1.29, 1.82) is 0 Å². The second-order valence-corrected chi connectivity index (χ2v) is 5.48. The number of carbonyl (C=O) groups is 2. The maximum absolute atomic E-state index is 13.5. The predicted molar refractivity (Wildman–Crippen MR) is 81.5 cm³/mol. The number of hydrogen-bond acceptors (Lipinski definition) is 3. The first-order valence-corrected chi connectivity index (χ1v) is 7.21. The van der Waals surface area contributed by atoms with E-state index in [9.17, 15) is 23.5 Å². The summed E-state index contributed by atoms with van der Waals surface area (Å²) in [5.41, 5.74) is 0.0530. The highest BCUT2D eigenvalue weighted by Gasteiger charge is 2.34. The molecule has 0 fully saturated rings. The molecule has 1 aliphatic rings. The largest absolute Gasteiger partial charge is 0.478 e. The molecule has 1 amide bonds. The van der Waals surface area contributed by atoms with E-state index >= 15 is 0 Å². The third-order valence-corrected chi connectivity index (χ3v) is 3.85. The SMILES string of the molecule is O=C(O)[C@@H]1CN(C(=O)c2cc(F)c(F)cc2Cl)c2ccccc2O1. The minimum atomic E-state index is -1.28. The van der Waals surface area contributed by atoms with E-state index in [2.05, 4.69) is 0 Å². The van der Waals surface area contributed by atoms with Gasteiger partial charge in [0, 0.05) is 0 Å². The molecule has 1 aliphatic heterocycles. The molecule has 0 aliphatic carbocycles. The second-order valence-electron chi connectivity index (χ2n) is 5.07. The van der Waals surface area contributed by atoms with E-state index < -0.39 is 29.6 Å². The molecule has 1 heterocycles. The Balaban J connectivity index is 2.06. The fraction of sp³-hybridized carbons (Fsp3) is 0.125. The van der Waals surface area contributed by atoms with Crippen molar-refractivity contribution in [3.8, 4) is 5.75 Å². The normalized spacial score (nSPS) is 16.3. The maximum atomic E-state index is 13.5. The number of hydrogen-bond donors (Lipinski definition) is 1. The van der Waals surface area contributed by atoms with Crippen LogP contribution in [0.3, 0.4) is 0 Å². The molecular weight excluding hydrogens is 344 g/mol. The van der Waals surface area contributed by atoms with Crippen LogP contribution in [0.5, 0.6) is 5.75 Å². The summed E-state index contributed by atoms with van der Waals surface area (Å²) in [6.45, 7) is -0.291. The van der Waals surface area contributed by atoms with Crippen LogP contribution in [0.1, 0.15) is 10.4 Å². The number of carboxylic acids is 1. The van der Waals surface area contributed by atoms with Crippen molar-refractivity contribution in [2.45, 2.75) is 6.10 Å². The second kappa shape index (κ2) is 6.09. The quantitative estimate of drug-likeness (QED) is 0.842. The number of anilines is 1. The molecule has 8 heteroatoms. The van der Waals surface area contributed by atoms with Crippen LogP contribution in [0.2, 0.25) is 5.02 Å². The fourth-order valence-corrected chi connectivity index (χ4v) is 2.62.